The van der Waals surface area contributed by atoms with Crippen LogP contribution in [0.3, 0.4) is 0 Å². The SMILES string of the molecule is Cc1ccc2c(c1)N(CC(=O)NC(C)(C)C)C(=O)C(N(C(=O)Nn1ncnn1)c1ccccc1)CC2c1ccccc1. The Kier molecular flexibility index (Phi) is 8.01. The number of tetrazole rings is 1. The lowest BCUT2D eigenvalue weighted by molar-refractivity contribution is -0.125. The molecule has 5 rings (SSSR count). The van der Waals surface area contributed by atoms with Gasteiger partial charge in [0.25, 0.3) is 5.91 Å². The Hall–Kier alpha value is -5.06. The molecule has 2 N–H and O–H groups in total. The second-order valence-corrected chi connectivity index (χ2v) is 11.3. The lowest BCUT2D eigenvalue weighted by Gasteiger charge is -2.33. The fourth-order valence-corrected chi connectivity index (χ4v) is 5.30. The molecule has 0 fully saturated rings. The van der Waals surface area contributed by atoms with Gasteiger partial charge in [0, 0.05) is 22.8 Å². The summed E-state index contributed by atoms with van der Waals surface area (Å²) < 4.78 is 0. The number of fused-ring (bicyclic) bond motifs is 1. The van der Waals surface area contributed by atoms with Gasteiger partial charge in [-0.25, -0.2) is 10.2 Å². The van der Waals surface area contributed by atoms with Gasteiger partial charge >= 0.3 is 6.03 Å². The van der Waals surface area contributed by atoms with Crippen molar-refractivity contribution < 1.29 is 14.4 Å². The highest BCUT2D eigenvalue weighted by molar-refractivity contribution is 6.10. The monoisotopic (exact) mass is 566 g/mol. The van der Waals surface area contributed by atoms with Gasteiger partial charge in [0.05, 0.1) is 0 Å². The summed E-state index contributed by atoms with van der Waals surface area (Å²) in [5.74, 6) is -0.937. The summed E-state index contributed by atoms with van der Waals surface area (Å²) in [5, 5.41) is 14.3. The zero-order valence-electron chi connectivity index (χ0n) is 24.1. The van der Waals surface area contributed by atoms with E-state index in [1.807, 2.05) is 82.3 Å². The highest BCUT2D eigenvalue weighted by atomic mass is 16.2. The van der Waals surface area contributed by atoms with Crippen molar-refractivity contribution in [1.29, 1.82) is 0 Å². The lowest BCUT2D eigenvalue weighted by Crippen LogP contribution is -2.55. The second-order valence-electron chi connectivity index (χ2n) is 11.3. The number of amides is 4. The van der Waals surface area contributed by atoms with Crippen LogP contribution in [0.15, 0.2) is 85.2 Å². The molecule has 3 aromatic carbocycles. The minimum atomic E-state index is -0.990. The van der Waals surface area contributed by atoms with Gasteiger partial charge < -0.3 is 10.2 Å². The second kappa shape index (κ2) is 11.8. The molecule has 0 aliphatic carbocycles. The summed E-state index contributed by atoms with van der Waals surface area (Å²) >= 11 is 0. The molecule has 11 heteroatoms. The molecule has 0 radical (unpaired) electrons. The van der Waals surface area contributed by atoms with Crippen molar-refractivity contribution in [2.75, 3.05) is 21.8 Å². The number of aryl methyl sites for hydroxylation is 1. The summed E-state index contributed by atoms with van der Waals surface area (Å²) in [6, 6.07) is 23.2. The topological polar surface area (TPSA) is 125 Å². The van der Waals surface area contributed by atoms with E-state index in [-0.39, 0.29) is 30.7 Å². The molecule has 42 heavy (non-hydrogen) atoms. The number of aromatic nitrogens is 4. The van der Waals surface area contributed by atoms with Gasteiger partial charge in [-0.2, -0.15) is 0 Å². The van der Waals surface area contributed by atoms with Crippen molar-refractivity contribution in [1.82, 2.24) is 25.6 Å². The Balaban J connectivity index is 1.66. The molecule has 11 nitrogen and oxygen atoms in total. The largest absolute Gasteiger partial charge is 0.350 e. The fraction of sp³-hybridized carbons (Fsp3) is 0.290. The highest BCUT2D eigenvalue weighted by Gasteiger charge is 2.42. The highest BCUT2D eigenvalue weighted by Crippen LogP contribution is 2.41. The molecule has 1 aliphatic rings. The number of urea groups is 1. The summed E-state index contributed by atoms with van der Waals surface area (Å²) in [5.41, 5.74) is 6.09. The number of nitrogens with zero attached hydrogens (tertiary/aromatic N) is 6. The first-order valence-corrected chi connectivity index (χ1v) is 13.8. The number of benzene rings is 3. The van der Waals surface area contributed by atoms with Gasteiger partial charge in [0.1, 0.15) is 12.6 Å². The lowest BCUT2D eigenvalue weighted by atomic mass is 9.85. The van der Waals surface area contributed by atoms with Crippen LogP contribution in [0.25, 0.3) is 0 Å². The minimum absolute atomic E-state index is 0.209. The number of carbonyl (C=O) groups is 3. The van der Waals surface area contributed by atoms with Gasteiger partial charge in [0.2, 0.25) is 5.91 Å². The average molecular weight is 567 g/mol. The van der Waals surface area contributed by atoms with Crippen LogP contribution in [0.2, 0.25) is 0 Å². The summed E-state index contributed by atoms with van der Waals surface area (Å²) in [4.78, 5) is 45.7. The van der Waals surface area contributed by atoms with Crippen LogP contribution in [0.5, 0.6) is 0 Å². The molecule has 0 bridgehead atoms. The van der Waals surface area contributed by atoms with Crippen molar-refractivity contribution in [3.05, 3.63) is 102 Å². The third kappa shape index (κ3) is 6.30. The standard InChI is InChI=1S/C31H34N8O3/c1-21-15-16-24-25(22-11-7-5-8-12-22)18-27(29(41)37(26(24)17-21)19-28(40)34-31(2,3)4)38(23-13-9-6-10-14-23)30(42)35-39-33-20-32-36-39/h5-17,20,25,27H,18-19H2,1-4H3,(H,34,40)(H,35,42). The molecule has 0 saturated heterocycles. The van der Waals surface area contributed by atoms with Gasteiger partial charge in [-0.15, -0.1) is 10.2 Å². The van der Waals surface area contributed by atoms with Crippen LogP contribution < -0.4 is 20.5 Å². The van der Waals surface area contributed by atoms with Crippen LogP contribution in [-0.4, -0.2) is 56.3 Å². The van der Waals surface area contributed by atoms with E-state index in [1.165, 1.54) is 16.1 Å². The number of hydrogen-bond acceptors (Lipinski definition) is 6. The summed E-state index contributed by atoms with van der Waals surface area (Å²) in [6.45, 7) is 7.41. The number of hydrogen-bond donors (Lipinski definition) is 2. The molecular weight excluding hydrogens is 532 g/mol. The van der Waals surface area contributed by atoms with Crippen LogP contribution in [0, 0.1) is 6.92 Å². The number of rotatable bonds is 6. The molecule has 4 aromatic rings. The molecule has 2 unspecified atom stereocenters. The molecule has 0 saturated carbocycles. The van der Waals surface area contributed by atoms with Crippen molar-refractivity contribution in [3.63, 3.8) is 0 Å². The Bertz CT molecular complexity index is 1550. The molecule has 2 atom stereocenters. The van der Waals surface area contributed by atoms with Crippen LogP contribution in [0.1, 0.15) is 49.8 Å². The molecular formula is C31H34N8O3. The van der Waals surface area contributed by atoms with Gasteiger partial charge in [-0.1, -0.05) is 65.6 Å². The Morgan fingerprint density at radius 3 is 2.33 bits per heavy atom. The van der Waals surface area contributed by atoms with Gasteiger partial charge in [0.15, 0.2) is 6.33 Å². The van der Waals surface area contributed by atoms with Crippen LogP contribution >= 0.6 is 0 Å². The maximum Gasteiger partial charge on any atom is 0.344 e. The zero-order valence-corrected chi connectivity index (χ0v) is 24.1. The quantitative estimate of drug-likeness (QED) is 0.363. The number of nitrogens with one attached hydrogen (secondary N) is 2. The first-order valence-electron chi connectivity index (χ1n) is 13.8. The van der Waals surface area contributed by atoms with E-state index in [0.29, 0.717) is 11.4 Å². The Morgan fingerprint density at radius 1 is 1.00 bits per heavy atom. The van der Waals surface area contributed by atoms with E-state index in [4.69, 9.17) is 0 Å². The maximum absolute atomic E-state index is 14.7. The van der Waals surface area contributed by atoms with E-state index >= 15 is 0 Å². The zero-order chi connectivity index (χ0) is 29.9. The normalized spacial score (nSPS) is 16.8. The first kappa shape index (κ1) is 28.5. The molecule has 2 heterocycles. The first-order chi connectivity index (χ1) is 20.1. The summed E-state index contributed by atoms with van der Waals surface area (Å²) in [7, 11) is 0. The predicted molar refractivity (Wildman–Crippen MR) is 160 cm³/mol. The van der Waals surface area contributed by atoms with Crippen molar-refractivity contribution >= 4 is 29.2 Å². The molecule has 4 amide bonds. The van der Waals surface area contributed by atoms with Crippen molar-refractivity contribution in [3.8, 4) is 0 Å². The Labute approximate surface area is 244 Å². The van der Waals surface area contributed by atoms with Crippen LogP contribution in [0.4, 0.5) is 16.2 Å². The smallest absolute Gasteiger partial charge is 0.344 e. The molecule has 1 aromatic heterocycles. The Morgan fingerprint density at radius 2 is 1.69 bits per heavy atom. The molecule has 1 aliphatic heterocycles. The van der Waals surface area contributed by atoms with E-state index in [2.05, 4.69) is 26.2 Å². The van der Waals surface area contributed by atoms with E-state index in [9.17, 15) is 14.4 Å². The summed E-state index contributed by atoms with van der Waals surface area (Å²) in [6.07, 6.45) is 1.47. The van der Waals surface area contributed by atoms with Gasteiger partial charge in [-0.05, 0) is 74.2 Å². The molecule has 216 valence electrons. The third-order valence-corrected chi connectivity index (χ3v) is 6.99. The van der Waals surface area contributed by atoms with E-state index in [1.54, 1.807) is 24.3 Å². The third-order valence-electron chi connectivity index (χ3n) is 6.99. The predicted octanol–water partition coefficient (Wildman–Crippen LogP) is 4.00. The number of carbonyl (C=O) groups excluding carboxylic acids is 3. The number of para-hydroxylation sites is 1. The maximum atomic E-state index is 14.7. The van der Waals surface area contributed by atoms with Crippen LogP contribution in [-0.2, 0) is 9.59 Å². The molecule has 0 spiro atoms. The van der Waals surface area contributed by atoms with E-state index < -0.39 is 17.6 Å². The van der Waals surface area contributed by atoms with Crippen molar-refractivity contribution in [2.24, 2.45) is 0 Å². The average Bonchev–Trinajstić information content (AvgIpc) is 3.43. The van der Waals surface area contributed by atoms with Gasteiger partial charge in [-0.3, -0.25) is 14.5 Å². The van der Waals surface area contributed by atoms with E-state index in [0.717, 1.165) is 21.6 Å². The fourth-order valence-electron chi connectivity index (χ4n) is 5.30. The number of anilines is 2. The minimum Gasteiger partial charge on any atom is -0.350 e. The van der Waals surface area contributed by atoms with Crippen molar-refractivity contribution in [2.45, 2.75) is 51.6 Å².